The number of aryl methyl sites for hydroxylation is 1. The smallest absolute Gasteiger partial charge is 0.242 e. The van der Waals surface area contributed by atoms with Crippen LogP contribution in [0.25, 0.3) is 0 Å². The molecule has 2 aromatic rings. The SMILES string of the molecule is COc1cccc(CNS(=O)(=O)c2cc(C)c(Cl)cc2Cl)c1. The molecule has 0 aliphatic rings. The molecule has 0 aliphatic heterocycles. The highest BCUT2D eigenvalue weighted by Crippen LogP contribution is 2.28. The van der Waals surface area contributed by atoms with Crippen molar-refractivity contribution in [1.29, 1.82) is 0 Å². The van der Waals surface area contributed by atoms with E-state index in [4.69, 9.17) is 27.9 Å². The molecule has 0 unspecified atom stereocenters. The molecular weight excluding hydrogens is 345 g/mol. The van der Waals surface area contributed by atoms with Gasteiger partial charge in [0.05, 0.1) is 12.1 Å². The van der Waals surface area contributed by atoms with Crippen LogP contribution in [-0.4, -0.2) is 15.5 Å². The predicted octanol–water partition coefficient (Wildman–Crippen LogP) is 3.79. The first-order valence-corrected chi connectivity index (χ1v) is 8.65. The first kappa shape index (κ1) is 17.1. The first-order valence-electron chi connectivity index (χ1n) is 6.42. The van der Waals surface area contributed by atoms with Gasteiger partial charge in [0.15, 0.2) is 0 Å². The van der Waals surface area contributed by atoms with E-state index in [9.17, 15) is 8.42 Å². The normalized spacial score (nSPS) is 11.5. The second-order valence-corrected chi connectivity index (χ2v) is 7.26. The molecule has 2 rings (SSSR count). The Labute approximate surface area is 140 Å². The van der Waals surface area contributed by atoms with Crippen molar-refractivity contribution in [3.05, 3.63) is 57.6 Å². The van der Waals surface area contributed by atoms with Gasteiger partial charge < -0.3 is 4.74 Å². The van der Waals surface area contributed by atoms with E-state index in [1.54, 1.807) is 38.3 Å². The molecule has 4 nitrogen and oxygen atoms in total. The summed E-state index contributed by atoms with van der Waals surface area (Å²) in [4.78, 5) is 0.0129. The van der Waals surface area contributed by atoms with Gasteiger partial charge in [0.2, 0.25) is 10.0 Å². The molecule has 22 heavy (non-hydrogen) atoms. The van der Waals surface area contributed by atoms with E-state index in [0.29, 0.717) is 16.3 Å². The summed E-state index contributed by atoms with van der Waals surface area (Å²) in [5.74, 6) is 0.664. The molecule has 0 heterocycles. The molecule has 0 radical (unpaired) electrons. The number of benzene rings is 2. The Kier molecular flexibility index (Phi) is 5.34. The topological polar surface area (TPSA) is 55.4 Å². The van der Waals surface area contributed by atoms with Crippen molar-refractivity contribution in [3.63, 3.8) is 0 Å². The van der Waals surface area contributed by atoms with Gasteiger partial charge in [0.25, 0.3) is 0 Å². The highest BCUT2D eigenvalue weighted by atomic mass is 35.5. The minimum absolute atomic E-state index is 0.0129. The summed E-state index contributed by atoms with van der Waals surface area (Å²) >= 11 is 11.9. The van der Waals surface area contributed by atoms with Crippen molar-refractivity contribution in [2.24, 2.45) is 0 Å². The lowest BCUT2D eigenvalue weighted by molar-refractivity contribution is 0.414. The van der Waals surface area contributed by atoms with Gasteiger partial charge in [-0.15, -0.1) is 0 Å². The molecule has 1 N–H and O–H groups in total. The van der Waals surface area contributed by atoms with Gasteiger partial charge in [-0.2, -0.15) is 0 Å². The van der Waals surface area contributed by atoms with E-state index in [1.165, 1.54) is 12.1 Å². The second kappa shape index (κ2) is 6.87. The second-order valence-electron chi connectivity index (χ2n) is 4.71. The number of ether oxygens (including phenoxy) is 1. The molecule has 0 aliphatic carbocycles. The Balaban J connectivity index is 2.23. The number of methoxy groups -OCH3 is 1. The predicted molar refractivity (Wildman–Crippen MR) is 88.2 cm³/mol. The quantitative estimate of drug-likeness (QED) is 0.883. The van der Waals surface area contributed by atoms with E-state index in [2.05, 4.69) is 4.72 Å². The Morgan fingerprint density at radius 3 is 2.55 bits per heavy atom. The van der Waals surface area contributed by atoms with Crippen LogP contribution in [0.3, 0.4) is 0 Å². The summed E-state index contributed by atoms with van der Waals surface area (Å²) < 4.78 is 32.4. The Bertz CT molecular complexity index is 791. The third-order valence-electron chi connectivity index (χ3n) is 3.10. The van der Waals surface area contributed by atoms with E-state index >= 15 is 0 Å². The monoisotopic (exact) mass is 359 g/mol. The lowest BCUT2D eigenvalue weighted by Gasteiger charge is -2.11. The van der Waals surface area contributed by atoms with Crippen molar-refractivity contribution in [2.45, 2.75) is 18.4 Å². The summed E-state index contributed by atoms with van der Waals surface area (Å²) in [6, 6.07) is 10.0. The van der Waals surface area contributed by atoms with Crippen LogP contribution < -0.4 is 9.46 Å². The standard InChI is InChI=1S/C15H15Cl2NO3S/c1-10-6-15(14(17)8-13(10)16)22(19,20)18-9-11-4-3-5-12(7-11)21-2/h3-8,18H,9H2,1-2H3. The molecule has 2 aromatic carbocycles. The fourth-order valence-corrected chi connectivity index (χ4v) is 3.72. The maximum absolute atomic E-state index is 12.4. The number of sulfonamides is 1. The molecule has 0 saturated heterocycles. The van der Waals surface area contributed by atoms with Crippen molar-refractivity contribution < 1.29 is 13.2 Å². The lowest BCUT2D eigenvalue weighted by Crippen LogP contribution is -2.23. The number of halogens is 2. The van der Waals surface area contributed by atoms with Crippen molar-refractivity contribution in [2.75, 3.05) is 7.11 Å². The van der Waals surface area contributed by atoms with Crippen LogP contribution in [0.15, 0.2) is 41.3 Å². The highest BCUT2D eigenvalue weighted by Gasteiger charge is 2.19. The number of hydrogen-bond acceptors (Lipinski definition) is 3. The molecule has 118 valence electrons. The molecule has 0 saturated carbocycles. The zero-order valence-electron chi connectivity index (χ0n) is 12.1. The molecule has 0 aromatic heterocycles. The lowest BCUT2D eigenvalue weighted by atomic mass is 10.2. The van der Waals surface area contributed by atoms with Crippen molar-refractivity contribution in [3.8, 4) is 5.75 Å². The largest absolute Gasteiger partial charge is 0.497 e. The van der Waals surface area contributed by atoms with E-state index in [0.717, 1.165) is 5.56 Å². The summed E-state index contributed by atoms with van der Waals surface area (Å²) in [5.41, 5.74) is 1.43. The average Bonchev–Trinajstić information content (AvgIpc) is 2.49. The number of nitrogens with one attached hydrogen (secondary N) is 1. The van der Waals surface area contributed by atoms with Gasteiger partial charge in [-0.05, 0) is 42.3 Å². The van der Waals surface area contributed by atoms with Crippen LogP contribution in [0.4, 0.5) is 0 Å². The van der Waals surface area contributed by atoms with E-state index in [-0.39, 0.29) is 16.5 Å². The molecule has 0 spiro atoms. The number of hydrogen-bond donors (Lipinski definition) is 1. The third-order valence-corrected chi connectivity index (χ3v) is 5.38. The highest BCUT2D eigenvalue weighted by molar-refractivity contribution is 7.89. The van der Waals surface area contributed by atoms with E-state index in [1.807, 2.05) is 0 Å². The van der Waals surface area contributed by atoms with Crippen LogP contribution in [0.1, 0.15) is 11.1 Å². The van der Waals surface area contributed by atoms with Gasteiger partial charge in [-0.1, -0.05) is 35.3 Å². The summed E-state index contributed by atoms with van der Waals surface area (Å²) in [7, 11) is -2.17. The van der Waals surface area contributed by atoms with Crippen LogP contribution in [-0.2, 0) is 16.6 Å². The summed E-state index contributed by atoms with van der Waals surface area (Å²) in [5, 5.41) is 0.519. The molecule has 0 amide bonds. The fraction of sp³-hybridized carbons (Fsp3) is 0.200. The minimum atomic E-state index is -3.73. The fourth-order valence-electron chi connectivity index (χ4n) is 1.88. The maximum Gasteiger partial charge on any atom is 0.242 e. The molecule has 0 fully saturated rings. The van der Waals surface area contributed by atoms with Crippen LogP contribution in [0.2, 0.25) is 10.0 Å². The van der Waals surface area contributed by atoms with Gasteiger partial charge in [0, 0.05) is 11.6 Å². The zero-order chi connectivity index (χ0) is 16.3. The van der Waals surface area contributed by atoms with Crippen LogP contribution in [0.5, 0.6) is 5.75 Å². The Hall–Kier alpha value is -1.27. The maximum atomic E-state index is 12.4. The molecule has 7 heteroatoms. The minimum Gasteiger partial charge on any atom is -0.497 e. The summed E-state index contributed by atoms with van der Waals surface area (Å²) in [6.45, 7) is 1.86. The van der Waals surface area contributed by atoms with Gasteiger partial charge in [-0.3, -0.25) is 0 Å². The van der Waals surface area contributed by atoms with E-state index < -0.39 is 10.0 Å². The van der Waals surface area contributed by atoms with Crippen molar-refractivity contribution >= 4 is 33.2 Å². The third kappa shape index (κ3) is 3.93. The molecular formula is C15H15Cl2NO3S. The summed E-state index contributed by atoms with van der Waals surface area (Å²) in [6.07, 6.45) is 0. The molecule has 0 atom stereocenters. The first-order chi connectivity index (χ1) is 10.3. The van der Waals surface area contributed by atoms with Gasteiger partial charge >= 0.3 is 0 Å². The molecule has 0 bridgehead atoms. The average molecular weight is 360 g/mol. The Morgan fingerprint density at radius 1 is 1.14 bits per heavy atom. The van der Waals surface area contributed by atoms with Gasteiger partial charge in [-0.25, -0.2) is 13.1 Å². The number of rotatable bonds is 5. The van der Waals surface area contributed by atoms with Crippen LogP contribution in [0, 0.1) is 6.92 Å². The zero-order valence-corrected chi connectivity index (χ0v) is 14.4. The van der Waals surface area contributed by atoms with Gasteiger partial charge in [0.1, 0.15) is 10.6 Å². The Morgan fingerprint density at radius 2 is 1.86 bits per heavy atom. The van der Waals surface area contributed by atoms with Crippen LogP contribution >= 0.6 is 23.2 Å². The van der Waals surface area contributed by atoms with Crippen molar-refractivity contribution in [1.82, 2.24) is 4.72 Å².